The molecule has 0 radical (unpaired) electrons. The molecule has 2 bridgehead atoms. The lowest BCUT2D eigenvalue weighted by atomic mass is 10.1. The second-order valence-electron chi connectivity index (χ2n) is 10.3. The van der Waals surface area contributed by atoms with Crippen LogP contribution < -0.4 is 11.3 Å². The number of phosphoric acid groups is 2. The van der Waals surface area contributed by atoms with Gasteiger partial charge in [0.25, 0.3) is 5.56 Å². The number of imidazole rings is 2. The van der Waals surface area contributed by atoms with Gasteiger partial charge in [0.15, 0.2) is 40.9 Å². The minimum absolute atomic E-state index is 0.0417. The maximum atomic E-state index is 13.2. The standard InChI is InChI=1S/C21H23ClN8O13P2/c22-10-14-9(41-19(10)29-5-25-11-7(31)1-2-24-16(11)29)4-39-45(36,37)43-15-13(32)8(3-38-44(34,35)42-14)40-20(15)30-6-26-12-17(30)27-21(23)28-18(12)33/h2,5-6,8-10,13-15,19-20,32H,1,3-4H2,(H,34,35)(H,36,37)(H3,23,27,28,33)/t8-,9+,10+,13-,14-,15-,19-,20-/m1/s1. The number of carbonyl (C=O) groups is 1. The number of Topliss-reactive ketones (excluding diaryl/α,β-unsaturated/α-hetero) is 1. The first-order valence-electron chi connectivity index (χ1n) is 13.1. The smallest absolute Gasteiger partial charge is 0.387 e. The summed E-state index contributed by atoms with van der Waals surface area (Å²) in [4.78, 5) is 64.3. The van der Waals surface area contributed by atoms with Crippen molar-refractivity contribution in [3.63, 3.8) is 0 Å². The van der Waals surface area contributed by atoms with Gasteiger partial charge in [-0.05, 0) is 0 Å². The first-order chi connectivity index (χ1) is 21.3. The molecule has 0 aliphatic carbocycles. The van der Waals surface area contributed by atoms with Crippen molar-refractivity contribution >= 4 is 62.2 Å². The van der Waals surface area contributed by atoms with Crippen LogP contribution in [0.25, 0.3) is 11.2 Å². The van der Waals surface area contributed by atoms with Gasteiger partial charge in [-0.1, -0.05) is 0 Å². The molecule has 6 N–H and O–H groups in total. The van der Waals surface area contributed by atoms with E-state index in [0.717, 1.165) is 10.9 Å². The van der Waals surface area contributed by atoms with Crippen LogP contribution in [0, 0.1) is 0 Å². The van der Waals surface area contributed by atoms with E-state index in [1.807, 2.05) is 0 Å². The number of carbonyl (C=O) groups excluding carboxylic acids is 1. The fraction of sp³-hybridized carbons (Fsp3) is 0.524. The number of hydrogen-bond donors (Lipinski definition) is 5. The zero-order chi connectivity index (χ0) is 31.8. The predicted molar refractivity (Wildman–Crippen MR) is 147 cm³/mol. The third kappa shape index (κ3) is 5.47. The van der Waals surface area contributed by atoms with Gasteiger partial charge in [-0.15, -0.1) is 11.6 Å². The Labute approximate surface area is 255 Å². The molecule has 7 heterocycles. The van der Waals surface area contributed by atoms with Gasteiger partial charge < -0.3 is 30.1 Å². The average Bonchev–Trinajstić information content (AvgIpc) is 3.72. The van der Waals surface area contributed by atoms with E-state index >= 15 is 0 Å². The van der Waals surface area contributed by atoms with E-state index in [4.69, 9.17) is 44.9 Å². The van der Waals surface area contributed by atoms with Crippen molar-refractivity contribution in [2.45, 2.75) is 54.8 Å². The first kappa shape index (κ1) is 30.7. The summed E-state index contributed by atoms with van der Waals surface area (Å²) in [6.45, 7) is -1.57. The highest BCUT2D eigenvalue weighted by molar-refractivity contribution is 7.47. The molecule has 0 amide bonds. The van der Waals surface area contributed by atoms with Gasteiger partial charge in [0.1, 0.15) is 35.9 Å². The highest BCUT2D eigenvalue weighted by Gasteiger charge is 2.54. The van der Waals surface area contributed by atoms with Crippen molar-refractivity contribution < 1.29 is 56.4 Å². The number of hydrogen-bond acceptors (Lipinski definition) is 16. The van der Waals surface area contributed by atoms with Crippen LogP contribution in [0.15, 0.2) is 22.4 Å². The normalized spacial score (nSPS) is 38.8. The van der Waals surface area contributed by atoms with Gasteiger partial charge in [-0.25, -0.2) is 24.1 Å². The van der Waals surface area contributed by atoms with Crippen LogP contribution >= 0.6 is 27.2 Å². The number of nitrogens with one attached hydrogen (secondary N) is 1. The number of nitrogen functional groups attached to an aromatic ring is 1. The molecule has 4 aliphatic heterocycles. The first-order valence-corrected chi connectivity index (χ1v) is 16.5. The fourth-order valence-corrected chi connectivity index (χ4v) is 7.75. The second kappa shape index (κ2) is 11.1. The molecule has 0 saturated carbocycles. The number of halogens is 1. The third-order valence-electron chi connectivity index (χ3n) is 7.41. The van der Waals surface area contributed by atoms with Crippen molar-refractivity contribution in [2.24, 2.45) is 4.99 Å². The number of rotatable bonds is 2. The Morgan fingerprint density at radius 2 is 1.64 bits per heavy atom. The Balaban J connectivity index is 1.20. The molecule has 4 aliphatic rings. The van der Waals surface area contributed by atoms with Gasteiger partial charge >= 0.3 is 15.6 Å². The quantitative estimate of drug-likeness (QED) is 0.170. The fourth-order valence-electron chi connectivity index (χ4n) is 5.38. The summed E-state index contributed by atoms with van der Waals surface area (Å²) in [6.07, 6.45) is -6.70. The SMILES string of the molecule is Nc1nc2c(ncn2[C@@H]2O[C@@H]3COP(=O)(O)O[C@H]4[C@H](Cl)[C@H](n5cnc6c5N=CCC6=O)O[C@H]4COP(=O)(O)O[C@@H]2[C@@H]3O)c(=O)[nH]1. The molecule has 24 heteroatoms. The summed E-state index contributed by atoms with van der Waals surface area (Å²) >= 11 is 6.62. The Bertz CT molecular complexity index is 1860. The Kier molecular flexibility index (Phi) is 7.59. The Hall–Kier alpha value is -2.91. The highest BCUT2D eigenvalue weighted by Crippen LogP contribution is 2.54. The van der Waals surface area contributed by atoms with Crippen LogP contribution in [0.5, 0.6) is 0 Å². The van der Waals surface area contributed by atoms with Gasteiger partial charge in [-0.3, -0.25) is 41.8 Å². The van der Waals surface area contributed by atoms with E-state index in [-0.39, 0.29) is 40.8 Å². The topological polar surface area (TPSA) is 287 Å². The molecule has 3 aromatic heterocycles. The number of nitrogens with zero attached hydrogens (tertiary/aromatic N) is 6. The maximum absolute atomic E-state index is 13.2. The van der Waals surface area contributed by atoms with E-state index in [1.165, 1.54) is 17.1 Å². The molecular formula is C21H23ClN8O13P2. The van der Waals surface area contributed by atoms with Gasteiger partial charge in [0.2, 0.25) is 5.95 Å². The number of alkyl halides is 1. The summed E-state index contributed by atoms with van der Waals surface area (Å²) in [5, 5.41) is 9.74. The summed E-state index contributed by atoms with van der Waals surface area (Å²) in [5.74, 6) is -0.461. The van der Waals surface area contributed by atoms with Gasteiger partial charge in [-0.2, -0.15) is 4.98 Å². The molecule has 3 saturated heterocycles. The molecule has 45 heavy (non-hydrogen) atoms. The number of anilines is 1. The number of aromatic amines is 1. The van der Waals surface area contributed by atoms with E-state index in [0.29, 0.717) is 0 Å². The van der Waals surface area contributed by atoms with Crippen molar-refractivity contribution in [1.29, 1.82) is 0 Å². The number of nitrogens with two attached hydrogens (primary N) is 1. The number of aromatic nitrogens is 6. The summed E-state index contributed by atoms with van der Waals surface area (Å²) in [7, 11) is -10.1. The molecule has 10 atom stereocenters. The minimum atomic E-state index is -5.09. The molecule has 3 fully saturated rings. The van der Waals surface area contributed by atoms with Crippen LogP contribution in [0.4, 0.5) is 11.8 Å². The lowest BCUT2D eigenvalue weighted by Gasteiger charge is -2.25. The lowest BCUT2D eigenvalue weighted by Crippen LogP contribution is -2.35. The lowest BCUT2D eigenvalue weighted by molar-refractivity contribution is -0.0672. The monoisotopic (exact) mass is 692 g/mol. The van der Waals surface area contributed by atoms with Crippen molar-refractivity contribution in [2.75, 3.05) is 18.9 Å². The molecule has 7 rings (SSSR count). The van der Waals surface area contributed by atoms with Crippen molar-refractivity contribution in [1.82, 2.24) is 29.1 Å². The Morgan fingerprint density at radius 1 is 0.978 bits per heavy atom. The number of aliphatic hydroxyl groups is 1. The summed E-state index contributed by atoms with van der Waals surface area (Å²) < 4.78 is 61.5. The van der Waals surface area contributed by atoms with Gasteiger partial charge in [0, 0.05) is 12.6 Å². The number of ketones is 1. The number of aliphatic imine (C=N–C) groups is 1. The molecule has 3 aromatic rings. The highest BCUT2D eigenvalue weighted by atomic mass is 35.5. The molecule has 0 aromatic carbocycles. The van der Waals surface area contributed by atoms with Crippen molar-refractivity contribution in [3.8, 4) is 0 Å². The van der Waals surface area contributed by atoms with Gasteiger partial charge in [0.05, 0.1) is 25.9 Å². The largest absolute Gasteiger partial charge is 0.472 e. The van der Waals surface area contributed by atoms with Crippen LogP contribution in [0.3, 0.4) is 0 Å². The molecule has 2 unspecified atom stereocenters. The third-order valence-corrected chi connectivity index (χ3v) is 9.85. The second-order valence-corrected chi connectivity index (χ2v) is 13.6. The number of H-pyrrole nitrogens is 1. The van der Waals surface area contributed by atoms with E-state index < -0.39 is 82.8 Å². The zero-order valence-electron chi connectivity index (χ0n) is 22.4. The Morgan fingerprint density at radius 3 is 2.40 bits per heavy atom. The van der Waals surface area contributed by atoms with Crippen LogP contribution in [0.1, 0.15) is 29.4 Å². The predicted octanol–water partition coefficient (Wildman–Crippen LogP) is -0.332. The summed E-state index contributed by atoms with van der Waals surface area (Å²) in [6, 6.07) is 0. The van der Waals surface area contributed by atoms with Crippen LogP contribution in [-0.2, 0) is 36.7 Å². The maximum Gasteiger partial charge on any atom is 0.472 e. The minimum Gasteiger partial charge on any atom is -0.387 e. The van der Waals surface area contributed by atoms with Crippen LogP contribution in [0.2, 0.25) is 0 Å². The molecule has 0 spiro atoms. The summed E-state index contributed by atoms with van der Waals surface area (Å²) in [5.41, 5.74) is 4.73. The zero-order valence-corrected chi connectivity index (χ0v) is 25.0. The number of ether oxygens (including phenoxy) is 2. The number of fused-ring (bicyclic) bond motifs is 5. The molecular weight excluding hydrogens is 670 g/mol. The van der Waals surface area contributed by atoms with E-state index in [9.17, 15) is 33.6 Å². The molecule has 21 nitrogen and oxygen atoms in total. The van der Waals surface area contributed by atoms with Crippen molar-refractivity contribution in [3.05, 3.63) is 28.7 Å². The number of phosphoric ester groups is 2. The number of aliphatic hydroxyl groups excluding tert-OH is 1. The van der Waals surface area contributed by atoms with E-state index in [1.54, 1.807) is 0 Å². The van der Waals surface area contributed by atoms with Crippen LogP contribution in [-0.4, -0.2) is 105 Å². The van der Waals surface area contributed by atoms with E-state index in [2.05, 4.69) is 24.9 Å². The molecule has 242 valence electrons. The average molecular weight is 693 g/mol.